The van der Waals surface area contributed by atoms with Crippen LogP contribution in [0.2, 0.25) is 0 Å². The van der Waals surface area contributed by atoms with E-state index < -0.39 is 18.5 Å². The van der Waals surface area contributed by atoms with E-state index in [2.05, 4.69) is 5.32 Å². The van der Waals surface area contributed by atoms with Gasteiger partial charge in [0.2, 0.25) is 0 Å². The minimum atomic E-state index is -0.640. The highest BCUT2D eigenvalue weighted by Crippen LogP contribution is 2.25. The zero-order valence-electron chi connectivity index (χ0n) is 13.4. The van der Waals surface area contributed by atoms with Gasteiger partial charge in [0.1, 0.15) is 12.0 Å². The third kappa shape index (κ3) is 4.42. The maximum absolute atomic E-state index is 11.9. The van der Waals surface area contributed by atoms with Crippen LogP contribution < -0.4 is 10.1 Å². The first kappa shape index (κ1) is 17.2. The molecule has 2 aromatic rings. The molecule has 0 atom stereocenters. The molecule has 124 valence electrons. The Morgan fingerprint density at radius 1 is 1.12 bits per heavy atom. The Morgan fingerprint density at radius 2 is 1.83 bits per heavy atom. The number of aryl methyl sites for hydroxylation is 1. The van der Waals surface area contributed by atoms with Crippen LogP contribution in [0.15, 0.2) is 42.5 Å². The lowest BCUT2D eigenvalue weighted by Crippen LogP contribution is -2.21. The molecule has 1 amide bonds. The number of hydrogen-bond acceptors (Lipinski definition) is 5. The van der Waals surface area contributed by atoms with Gasteiger partial charge in [-0.3, -0.25) is 9.59 Å². The van der Waals surface area contributed by atoms with Crippen LogP contribution in [0, 0.1) is 6.92 Å². The van der Waals surface area contributed by atoms with Crippen molar-refractivity contribution in [2.45, 2.75) is 6.92 Å². The van der Waals surface area contributed by atoms with Crippen molar-refractivity contribution < 1.29 is 23.9 Å². The highest BCUT2D eigenvalue weighted by atomic mass is 16.5. The fourth-order valence-electron chi connectivity index (χ4n) is 2.02. The Balaban J connectivity index is 1.94. The van der Waals surface area contributed by atoms with Gasteiger partial charge < -0.3 is 14.8 Å². The molecule has 0 saturated heterocycles. The number of amides is 1. The lowest BCUT2D eigenvalue weighted by molar-refractivity contribution is -0.119. The van der Waals surface area contributed by atoms with E-state index in [1.54, 1.807) is 12.1 Å². The summed E-state index contributed by atoms with van der Waals surface area (Å²) in [5.41, 5.74) is 2.18. The summed E-state index contributed by atoms with van der Waals surface area (Å²) in [4.78, 5) is 34.4. The molecule has 0 unspecified atom stereocenters. The quantitative estimate of drug-likeness (QED) is 0.651. The van der Waals surface area contributed by atoms with Crippen LogP contribution >= 0.6 is 0 Å². The maximum atomic E-state index is 11.9. The first-order chi connectivity index (χ1) is 11.5. The van der Waals surface area contributed by atoms with Crippen LogP contribution in [0.5, 0.6) is 5.75 Å². The lowest BCUT2D eigenvalue weighted by Gasteiger charge is -2.11. The standard InChI is InChI=1S/C18H17NO5/c1-12-3-8-16(23-2)15(9-12)19-17(21)11-24-18(22)14-6-4-13(10-20)5-7-14/h3-10H,11H2,1-2H3,(H,19,21). The van der Waals surface area contributed by atoms with Crippen molar-refractivity contribution in [3.63, 3.8) is 0 Å². The largest absolute Gasteiger partial charge is 0.495 e. The highest BCUT2D eigenvalue weighted by molar-refractivity contribution is 5.96. The molecule has 0 bridgehead atoms. The van der Waals surface area contributed by atoms with Crippen LogP contribution in [-0.2, 0) is 9.53 Å². The van der Waals surface area contributed by atoms with Crippen molar-refractivity contribution >= 4 is 23.9 Å². The second-order valence-corrected chi connectivity index (χ2v) is 5.07. The van der Waals surface area contributed by atoms with Gasteiger partial charge in [-0.2, -0.15) is 0 Å². The number of esters is 1. The summed E-state index contributed by atoms with van der Waals surface area (Å²) in [7, 11) is 1.50. The molecule has 1 N–H and O–H groups in total. The predicted octanol–water partition coefficient (Wildman–Crippen LogP) is 2.61. The topological polar surface area (TPSA) is 81.7 Å². The maximum Gasteiger partial charge on any atom is 0.338 e. The number of benzene rings is 2. The number of anilines is 1. The molecule has 6 heteroatoms. The summed E-state index contributed by atoms with van der Waals surface area (Å²) < 4.78 is 10.1. The zero-order chi connectivity index (χ0) is 17.5. The minimum Gasteiger partial charge on any atom is -0.495 e. The summed E-state index contributed by atoms with van der Waals surface area (Å²) in [6.45, 7) is 1.46. The summed E-state index contributed by atoms with van der Waals surface area (Å²) in [5.74, 6) is -0.597. The van der Waals surface area contributed by atoms with Gasteiger partial charge in [0, 0.05) is 5.56 Å². The Hall–Kier alpha value is -3.15. The van der Waals surface area contributed by atoms with E-state index >= 15 is 0 Å². The Kier molecular flexibility index (Phi) is 5.68. The molecule has 0 radical (unpaired) electrons. The van der Waals surface area contributed by atoms with E-state index in [9.17, 15) is 14.4 Å². The molecule has 0 saturated carbocycles. The molecule has 0 heterocycles. The van der Waals surface area contributed by atoms with Gasteiger partial charge in [0.25, 0.3) is 5.91 Å². The van der Waals surface area contributed by atoms with Gasteiger partial charge in [-0.1, -0.05) is 18.2 Å². The number of carbonyl (C=O) groups is 3. The molecular weight excluding hydrogens is 310 g/mol. The fraction of sp³-hybridized carbons (Fsp3) is 0.167. The first-order valence-electron chi connectivity index (χ1n) is 7.20. The Morgan fingerprint density at radius 3 is 2.46 bits per heavy atom. The number of ether oxygens (including phenoxy) is 2. The highest BCUT2D eigenvalue weighted by Gasteiger charge is 2.12. The van der Waals surface area contributed by atoms with Gasteiger partial charge >= 0.3 is 5.97 Å². The van der Waals surface area contributed by atoms with Crippen molar-refractivity contribution in [2.75, 3.05) is 19.0 Å². The number of hydrogen-bond donors (Lipinski definition) is 1. The molecule has 0 fully saturated rings. The van der Waals surface area contributed by atoms with Crippen molar-refractivity contribution in [1.29, 1.82) is 0 Å². The van der Waals surface area contributed by atoms with E-state index in [1.165, 1.54) is 31.4 Å². The molecule has 2 aromatic carbocycles. The van der Waals surface area contributed by atoms with Gasteiger partial charge in [0.15, 0.2) is 6.61 Å². The Bertz CT molecular complexity index is 753. The predicted molar refractivity (Wildman–Crippen MR) is 88.5 cm³/mol. The van der Waals surface area contributed by atoms with E-state index in [-0.39, 0.29) is 5.56 Å². The van der Waals surface area contributed by atoms with Gasteiger partial charge in [0.05, 0.1) is 18.4 Å². The van der Waals surface area contributed by atoms with Crippen LogP contribution in [0.4, 0.5) is 5.69 Å². The molecule has 0 aliphatic heterocycles. The molecule has 6 nitrogen and oxygen atoms in total. The van der Waals surface area contributed by atoms with Gasteiger partial charge in [-0.15, -0.1) is 0 Å². The third-order valence-corrected chi connectivity index (χ3v) is 3.25. The smallest absolute Gasteiger partial charge is 0.338 e. The number of methoxy groups -OCH3 is 1. The van der Waals surface area contributed by atoms with Gasteiger partial charge in [-0.25, -0.2) is 4.79 Å². The van der Waals surface area contributed by atoms with E-state index in [1.807, 2.05) is 13.0 Å². The average molecular weight is 327 g/mol. The number of nitrogens with one attached hydrogen (secondary N) is 1. The molecule has 24 heavy (non-hydrogen) atoms. The summed E-state index contributed by atoms with van der Waals surface area (Å²) in [5, 5.41) is 2.64. The molecule has 0 aliphatic rings. The van der Waals surface area contributed by atoms with Crippen molar-refractivity contribution in [1.82, 2.24) is 0 Å². The normalized spacial score (nSPS) is 9.92. The van der Waals surface area contributed by atoms with Crippen LogP contribution in [0.3, 0.4) is 0 Å². The number of rotatable bonds is 6. The SMILES string of the molecule is COc1ccc(C)cc1NC(=O)COC(=O)c1ccc(C=O)cc1. The minimum absolute atomic E-state index is 0.265. The molecule has 0 aromatic heterocycles. The van der Waals surface area contributed by atoms with Crippen molar-refractivity contribution in [3.8, 4) is 5.75 Å². The monoisotopic (exact) mass is 327 g/mol. The van der Waals surface area contributed by atoms with Crippen LogP contribution in [0.1, 0.15) is 26.3 Å². The second-order valence-electron chi connectivity index (χ2n) is 5.07. The first-order valence-corrected chi connectivity index (χ1v) is 7.20. The number of carbonyl (C=O) groups excluding carboxylic acids is 3. The van der Waals surface area contributed by atoms with Crippen molar-refractivity contribution in [2.24, 2.45) is 0 Å². The van der Waals surface area contributed by atoms with E-state index in [0.717, 1.165) is 5.56 Å². The van der Waals surface area contributed by atoms with Crippen molar-refractivity contribution in [3.05, 3.63) is 59.2 Å². The van der Waals surface area contributed by atoms with Gasteiger partial charge in [-0.05, 0) is 36.8 Å². The second kappa shape index (κ2) is 7.92. The van der Waals surface area contributed by atoms with E-state index in [0.29, 0.717) is 23.3 Å². The lowest BCUT2D eigenvalue weighted by atomic mass is 10.1. The van der Waals surface area contributed by atoms with E-state index in [4.69, 9.17) is 9.47 Å². The third-order valence-electron chi connectivity index (χ3n) is 3.25. The molecule has 0 spiro atoms. The summed E-state index contributed by atoms with van der Waals surface area (Å²) >= 11 is 0. The number of aldehydes is 1. The molecule has 0 aliphatic carbocycles. The zero-order valence-corrected chi connectivity index (χ0v) is 13.4. The summed E-state index contributed by atoms with van der Waals surface area (Å²) in [6, 6.07) is 11.3. The molecule has 2 rings (SSSR count). The van der Waals surface area contributed by atoms with Crippen LogP contribution in [0.25, 0.3) is 0 Å². The fourth-order valence-corrected chi connectivity index (χ4v) is 2.02. The summed E-state index contributed by atoms with van der Waals surface area (Å²) in [6.07, 6.45) is 0.678. The Labute approximate surface area is 139 Å². The molecular formula is C18H17NO5. The average Bonchev–Trinajstić information content (AvgIpc) is 2.60. The van der Waals surface area contributed by atoms with Crippen LogP contribution in [-0.4, -0.2) is 31.9 Å².